The Labute approximate surface area is 127 Å². The lowest BCUT2D eigenvalue weighted by molar-refractivity contribution is -0.863. The van der Waals surface area contributed by atoms with E-state index in [2.05, 4.69) is 50.4 Å². The van der Waals surface area contributed by atoms with Gasteiger partial charge in [0, 0.05) is 24.5 Å². The molecule has 116 valence electrons. The number of hydrogen-bond acceptors (Lipinski definition) is 8. The predicted octanol–water partition coefficient (Wildman–Crippen LogP) is 2.66. The third-order valence-electron chi connectivity index (χ3n) is 2.46. The van der Waals surface area contributed by atoms with E-state index in [-0.39, 0.29) is 4.85 Å². The largest absolute Gasteiger partial charge is 0.590 e. The van der Waals surface area contributed by atoms with Crippen LogP contribution in [-0.4, -0.2) is 10.3 Å². The molecule has 2 rings (SSSR count). The van der Waals surface area contributed by atoms with Crippen molar-refractivity contribution in [2.75, 3.05) is 0 Å². The normalized spacial score (nSPS) is 9.17. The van der Waals surface area contributed by atoms with E-state index in [1.54, 1.807) is 0 Å². The summed E-state index contributed by atoms with van der Waals surface area (Å²) in [7, 11) is 0. The van der Waals surface area contributed by atoms with E-state index in [1.807, 2.05) is 0 Å². The van der Waals surface area contributed by atoms with Gasteiger partial charge in [-0.25, -0.2) is 0 Å². The van der Waals surface area contributed by atoms with Gasteiger partial charge in [-0.1, -0.05) is 20.5 Å². The molecule has 0 spiro atoms. The van der Waals surface area contributed by atoms with Crippen LogP contribution in [0.15, 0.2) is 20.5 Å². The molecule has 0 fully saturated rings. The van der Waals surface area contributed by atoms with E-state index in [0.717, 1.165) is 0 Å². The Morgan fingerprint density at radius 2 is 1.21 bits per heavy atom. The van der Waals surface area contributed by atoms with Crippen LogP contribution < -0.4 is 9.80 Å². The van der Waals surface area contributed by atoms with Gasteiger partial charge in [-0.15, -0.1) is 0 Å². The van der Waals surface area contributed by atoms with E-state index >= 15 is 0 Å². The van der Waals surface area contributed by atoms with Crippen molar-refractivity contribution in [2.45, 2.75) is 0 Å². The third kappa shape index (κ3) is 2.44. The molecule has 1 aromatic carbocycles. The molecule has 2 aromatic rings. The second kappa shape index (κ2) is 6.35. The highest BCUT2D eigenvalue weighted by Gasteiger charge is 2.28. The minimum Gasteiger partial charge on any atom is -0.590 e. The minimum atomic E-state index is -0.637. The average molecular weight is 328 g/mol. The van der Waals surface area contributed by atoms with Crippen LogP contribution in [0.2, 0.25) is 0 Å². The maximum absolute atomic E-state index is 11.9. The van der Waals surface area contributed by atoms with Gasteiger partial charge in [-0.2, -0.15) is 0 Å². The first kappa shape index (κ1) is 15.6. The van der Waals surface area contributed by atoms with E-state index in [4.69, 9.17) is 22.1 Å². The van der Waals surface area contributed by atoms with Crippen molar-refractivity contribution in [3.05, 3.63) is 52.2 Å². The summed E-state index contributed by atoms with van der Waals surface area (Å²) in [6.07, 6.45) is 0. The van der Waals surface area contributed by atoms with E-state index in [0.29, 0.717) is 0 Å². The van der Waals surface area contributed by atoms with Crippen molar-refractivity contribution in [1.82, 2.24) is 10.3 Å². The van der Waals surface area contributed by atoms with Crippen LogP contribution in [0.4, 0.5) is 22.7 Å². The van der Waals surface area contributed by atoms with Crippen molar-refractivity contribution in [3.63, 3.8) is 0 Å². The fraction of sp³-hybridized carbons (Fsp3) is 0. The molecule has 0 N–H and O–H groups in total. The van der Waals surface area contributed by atoms with Gasteiger partial charge >= 0.3 is 5.21 Å². The molecule has 0 atom stereocenters. The molecule has 1 heterocycles. The third-order valence-corrected chi connectivity index (χ3v) is 2.46. The van der Waals surface area contributed by atoms with E-state index < -0.39 is 38.7 Å². The van der Waals surface area contributed by atoms with Crippen LogP contribution in [0.3, 0.4) is 0 Å². The topological polar surface area (TPSA) is 275 Å². The SMILES string of the molecule is [N-]=[N+]=Nc1c(N=[N+]=[N-])c(N=[N+]=[N-])c2c(n[n+]([O-])n[n+]2[O-])c1N=[N+]=[N-]. The molecule has 0 bridgehead atoms. The number of rotatable bonds is 4. The molecule has 18 nitrogen and oxygen atoms in total. The number of benzene rings is 1. The maximum Gasteiger partial charge on any atom is 0.326 e. The molecule has 1 aromatic heterocycles. The Balaban J connectivity index is 3.33. The van der Waals surface area contributed by atoms with Crippen molar-refractivity contribution < 1.29 is 9.80 Å². The number of hydrogen-bond donors (Lipinski definition) is 0. The zero-order chi connectivity index (χ0) is 17.7. The number of fused-ring (bicyclic) bond motifs is 1. The first-order valence-electron chi connectivity index (χ1n) is 5.41. The minimum absolute atomic E-state index is 0.286. The van der Waals surface area contributed by atoms with Gasteiger partial charge in [0.2, 0.25) is 5.52 Å². The summed E-state index contributed by atoms with van der Waals surface area (Å²) in [6.45, 7) is 0. The van der Waals surface area contributed by atoms with Crippen LogP contribution in [0.25, 0.3) is 52.8 Å². The van der Waals surface area contributed by atoms with Crippen LogP contribution in [0.1, 0.15) is 0 Å². The lowest BCUT2D eigenvalue weighted by Crippen LogP contribution is -2.50. The zero-order valence-corrected chi connectivity index (χ0v) is 11.0. The maximum atomic E-state index is 11.9. The van der Waals surface area contributed by atoms with Gasteiger partial charge in [-0.3, -0.25) is 0 Å². The summed E-state index contributed by atoms with van der Waals surface area (Å²) in [5.41, 5.74) is 30.9. The van der Waals surface area contributed by atoms with Crippen LogP contribution in [-0.2, 0) is 0 Å². The van der Waals surface area contributed by atoms with Gasteiger partial charge < -0.3 is 10.4 Å². The summed E-state index contributed by atoms with van der Waals surface area (Å²) in [6, 6.07) is 0. The molecule has 0 aliphatic carbocycles. The van der Waals surface area contributed by atoms with Crippen LogP contribution in [0.5, 0.6) is 0 Å². The second-order valence-corrected chi connectivity index (χ2v) is 3.56. The molecule has 0 saturated carbocycles. The monoisotopic (exact) mass is 328 g/mol. The zero-order valence-electron chi connectivity index (χ0n) is 11.0. The van der Waals surface area contributed by atoms with Gasteiger partial charge in [0.15, 0.2) is 0 Å². The predicted molar refractivity (Wildman–Crippen MR) is 72.7 cm³/mol. The molecule has 0 amide bonds. The Morgan fingerprint density at radius 1 is 0.750 bits per heavy atom. The van der Waals surface area contributed by atoms with Gasteiger partial charge in [0.05, 0.1) is 22.2 Å². The van der Waals surface area contributed by atoms with E-state index in [9.17, 15) is 10.4 Å². The summed E-state index contributed by atoms with van der Waals surface area (Å²) >= 11 is 0. The van der Waals surface area contributed by atoms with Gasteiger partial charge in [0.1, 0.15) is 10.6 Å². The first-order valence-corrected chi connectivity index (χ1v) is 5.41. The summed E-state index contributed by atoms with van der Waals surface area (Å²) in [4.78, 5) is 9.12. The molecule has 0 radical (unpaired) electrons. The number of nitrogens with zero attached hydrogens (tertiary/aromatic N) is 16. The highest BCUT2D eigenvalue weighted by Crippen LogP contribution is 2.49. The Kier molecular flexibility index (Phi) is 4.14. The van der Waals surface area contributed by atoms with Crippen molar-refractivity contribution in [3.8, 4) is 0 Å². The van der Waals surface area contributed by atoms with Gasteiger partial charge in [-0.05, 0) is 22.1 Å². The highest BCUT2D eigenvalue weighted by molar-refractivity contribution is 6.05. The molecule has 0 saturated heterocycles. The van der Waals surface area contributed by atoms with Crippen LogP contribution in [0, 0.1) is 10.4 Å². The number of aromatic nitrogens is 4. The Bertz CT molecular complexity index is 1050. The quantitative estimate of drug-likeness (QED) is 0.268. The van der Waals surface area contributed by atoms with Crippen LogP contribution >= 0.6 is 0 Å². The van der Waals surface area contributed by atoms with E-state index in [1.165, 1.54) is 0 Å². The lowest BCUT2D eigenvalue weighted by Gasteiger charge is -2.08. The molecule has 18 heteroatoms. The average Bonchev–Trinajstić information content (AvgIpc) is 2.53. The smallest absolute Gasteiger partial charge is 0.326 e. The molecule has 0 aliphatic rings. The van der Waals surface area contributed by atoms with Crippen molar-refractivity contribution >= 4 is 33.8 Å². The second-order valence-electron chi connectivity index (χ2n) is 3.56. The number of azide groups is 4. The highest BCUT2D eigenvalue weighted by atomic mass is 16.6. The first-order chi connectivity index (χ1) is 11.6. The van der Waals surface area contributed by atoms with Gasteiger partial charge in [0.25, 0.3) is 5.52 Å². The summed E-state index contributed by atoms with van der Waals surface area (Å²) in [5, 5.41) is 42.0. The summed E-state index contributed by atoms with van der Waals surface area (Å²) < 4.78 is 0. The fourth-order valence-corrected chi connectivity index (χ4v) is 1.73. The standard InChI is InChI=1S/C6N16O2/c7-16-11-1-2(12-17-8)4(14-19-10)6-5(3(1)13-18-9)15-22(24)20-21(6)23. The van der Waals surface area contributed by atoms with Crippen molar-refractivity contribution in [1.29, 1.82) is 0 Å². The Morgan fingerprint density at radius 3 is 1.75 bits per heavy atom. The molecular weight excluding hydrogens is 328 g/mol. The lowest BCUT2D eigenvalue weighted by atomic mass is 10.1. The summed E-state index contributed by atoms with van der Waals surface area (Å²) in [5.74, 6) is 0. The molecular formula is C6N16O2. The Hall–Kier alpha value is -4.74. The molecule has 0 aliphatic heterocycles. The van der Waals surface area contributed by atoms with Crippen molar-refractivity contribution in [2.24, 2.45) is 20.5 Å². The fourth-order valence-electron chi connectivity index (χ4n) is 1.73. The molecule has 0 unspecified atom stereocenters. The molecule has 24 heavy (non-hydrogen) atoms.